The van der Waals surface area contributed by atoms with Crippen LogP contribution >= 0.6 is 0 Å². The van der Waals surface area contributed by atoms with Gasteiger partial charge in [0.15, 0.2) is 5.96 Å². The average molecular weight is 366 g/mol. The fraction of sp³-hybridized carbons (Fsp3) is 0.875. The van der Waals surface area contributed by atoms with Crippen molar-refractivity contribution >= 4 is 12.1 Å². The summed E-state index contributed by atoms with van der Waals surface area (Å²) < 4.78 is 41.6. The Kier molecular flexibility index (Phi) is 7.82. The average Bonchev–Trinajstić information content (AvgIpc) is 2.87. The van der Waals surface area contributed by atoms with Gasteiger partial charge in [0.2, 0.25) is 0 Å². The van der Waals surface area contributed by atoms with Crippen LogP contribution in [-0.4, -0.2) is 61.5 Å². The van der Waals surface area contributed by atoms with Crippen LogP contribution in [0.5, 0.6) is 0 Å². The Morgan fingerprint density at radius 3 is 2.52 bits per heavy atom. The van der Waals surface area contributed by atoms with E-state index in [9.17, 15) is 18.0 Å². The lowest BCUT2D eigenvalue weighted by Crippen LogP contribution is -2.44. The van der Waals surface area contributed by atoms with Crippen LogP contribution in [0.4, 0.5) is 18.0 Å². The molecular weight excluding hydrogens is 337 g/mol. The van der Waals surface area contributed by atoms with Crippen LogP contribution < -0.4 is 10.6 Å². The number of carbonyl (C=O) groups is 1. The fourth-order valence-electron chi connectivity index (χ4n) is 2.53. The molecule has 0 aromatic carbocycles. The lowest BCUT2D eigenvalue weighted by atomic mass is 10.2. The van der Waals surface area contributed by atoms with Gasteiger partial charge in [0.25, 0.3) is 0 Å². The molecule has 1 amide bonds. The number of halogens is 3. The molecule has 146 valence electrons. The van der Waals surface area contributed by atoms with E-state index in [1.54, 1.807) is 27.8 Å². The third kappa shape index (κ3) is 9.40. The molecule has 0 unspecified atom stereocenters. The van der Waals surface area contributed by atoms with Crippen LogP contribution in [-0.2, 0) is 4.74 Å². The first-order valence-electron chi connectivity index (χ1n) is 8.52. The normalized spacial score (nSPS) is 19.1. The molecule has 1 fully saturated rings. The van der Waals surface area contributed by atoms with Gasteiger partial charge in [-0.25, -0.2) is 4.79 Å². The number of nitrogens with one attached hydrogen (secondary N) is 2. The summed E-state index contributed by atoms with van der Waals surface area (Å²) in [4.78, 5) is 17.9. The first-order valence-corrected chi connectivity index (χ1v) is 8.52. The van der Waals surface area contributed by atoms with Gasteiger partial charge in [0, 0.05) is 33.1 Å². The molecule has 1 atom stereocenters. The second-order valence-corrected chi connectivity index (χ2v) is 7.12. The quantitative estimate of drug-likeness (QED) is 0.446. The molecule has 0 aromatic heterocycles. The summed E-state index contributed by atoms with van der Waals surface area (Å²) in [5, 5.41) is 5.90. The maximum atomic E-state index is 12.1. The molecule has 0 aliphatic carbocycles. The molecule has 1 heterocycles. The minimum Gasteiger partial charge on any atom is -0.444 e. The molecule has 1 saturated heterocycles. The predicted molar refractivity (Wildman–Crippen MR) is 90.6 cm³/mol. The molecule has 6 nitrogen and oxygen atoms in total. The van der Waals surface area contributed by atoms with Gasteiger partial charge in [-0.05, 0) is 40.0 Å². The Morgan fingerprint density at radius 1 is 1.28 bits per heavy atom. The number of alkyl halides is 3. The summed E-state index contributed by atoms with van der Waals surface area (Å²) >= 11 is 0. The van der Waals surface area contributed by atoms with E-state index in [4.69, 9.17) is 4.74 Å². The Hall–Kier alpha value is -1.67. The molecule has 0 saturated carbocycles. The molecule has 0 radical (unpaired) electrons. The van der Waals surface area contributed by atoms with Gasteiger partial charge in [0.1, 0.15) is 5.60 Å². The molecule has 2 N–H and O–H groups in total. The smallest absolute Gasteiger partial charge is 0.407 e. The maximum Gasteiger partial charge on any atom is 0.407 e. The van der Waals surface area contributed by atoms with Crippen molar-refractivity contribution in [2.45, 2.75) is 64.3 Å². The fourth-order valence-corrected chi connectivity index (χ4v) is 2.53. The Bertz CT molecular complexity index is 461. The number of hydrogen-bond donors (Lipinski definition) is 2. The Balaban J connectivity index is 2.31. The zero-order valence-corrected chi connectivity index (χ0v) is 15.4. The van der Waals surface area contributed by atoms with Crippen molar-refractivity contribution in [2.75, 3.05) is 26.7 Å². The van der Waals surface area contributed by atoms with E-state index in [0.717, 1.165) is 6.42 Å². The summed E-state index contributed by atoms with van der Waals surface area (Å²) in [5.41, 5.74) is -0.545. The predicted octanol–water partition coefficient (Wildman–Crippen LogP) is 2.89. The highest BCUT2D eigenvalue weighted by Gasteiger charge is 2.28. The number of ether oxygens (including phenoxy) is 1. The number of alkyl carbamates (subject to hydrolysis) is 1. The standard InChI is InChI=1S/C16H29F3N4O2/c1-15(2,3)25-14(24)22-12-7-10-23(11-12)13(20-4)21-9-6-5-8-16(17,18)19/h12H,5-11H2,1-4H3,(H,20,21)(H,22,24)/t12-/m1/s1. The Labute approximate surface area is 147 Å². The minimum atomic E-state index is -4.10. The molecular formula is C16H29F3N4O2. The van der Waals surface area contributed by atoms with E-state index in [2.05, 4.69) is 15.6 Å². The number of unbranched alkanes of at least 4 members (excludes halogenated alkanes) is 1. The van der Waals surface area contributed by atoms with Gasteiger partial charge in [0.05, 0.1) is 6.04 Å². The summed E-state index contributed by atoms with van der Waals surface area (Å²) in [7, 11) is 1.63. The van der Waals surface area contributed by atoms with Gasteiger partial charge < -0.3 is 20.3 Å². The number of carbonyl (C=O) groups excluding carboxylic acids is 1. The van der Waals surface area contributed by atoms with Gasteiger partial charge in [-0.15, -0.1) is 0 Å². The van der Waals surface area contributed by atoms with E-state index in [0.29, 0.717) is 32.0 Å². The topological polar surface area (TPSA) is 66.0 Å². The lowest BCUT2D eigenvalue weighted by Gasteiger charge is -2.23. The molecule has 25 heavy (non-hydrogen) atoms. The third-order valence-electron chi connectivity index (χ3n) is 3.59. The molecule has 0 aromatic rings. The zero-order valence-electron chi connectivity index (χ0n) is 15.4. The number of hydrogen-bond acceptors (Lipinski definition) is 3. The number of likely N-dealkylation sites (tertiary alicyclic amines) is 1. The van der Waals surface area contributed by atoms with Gasteiger partial charge in [-0.2, -0.15) is 13.2 Å². The van der Waals surface area contributed by atoms with Crippen molar-refractivity contribution < 1.29 is 22.7 Å². The monoisotopic (exact) mass is 366 g/mol. The van der Waals surface area contributed by atoms with Crippen molar-refractivity contribution in [1.82, 2.24) is 15.5 Å². The number of rotatable bonds is 5. The summed E-state index contributed by atoms with van der Waals surface area (Å²) in [6, 6.07) is -0.0429. The molecule has 1 aliphatic rings. The van der Waals surface area contributed by atoms with Gasteiger partial charge >= 0.3 is 12.3 Å². The largest absolute Gasteiger partial charge is 0.444 e. The van der Waals surface area contributed by atoms with Crippen molar-refractivity contribution in [3.05, 3.63) is 0 Å². The Morgan fingerprint density at radius 2 is 1.96 bits per heavy atom. The lowest BCUT2D eigenvalue weighted by molar-refractivity contribution is -0.135. The third-order valence-corrected chi connectivity index (χ3v) is 3.59. The van der Waals surface area contributed by atoms with E-state index in [1.807, 2.05) is 4.90 Å². The van der Waals surface area contributed by atoms with Crippen LogP contribution in [0.3, 0.4) is 0 Å². The number of nitrogens with zero attached hydrogens (tertiary/aromatic N) is 2. The van der Waals surface area contributed by atoms with Crippen molar-refractivity contribution in [3.8, 4) is 0 Å². The second-order valence-electron chi connectivity index (χ2n) is 7.12. The first-order chi connectivity index (χ1) is 11.5. The van der Waals surface area contributed by atoms with E-state index < -0.39 is 24.3 Å². The van der Waals surface area contributed by atoms with Gasteiger partial charge in [-0.1, -0.05) is 0 Å². The van der Waals surface area contributed by atoms with Crippen LogP contribution in [0.25, 0.3) is 0 Å². The van der Waals surface area contributed by atoms with Crippen LogP contribution in [0.1, 0.15) is 46.5 Å². The number of guanidine groups is 1. The van der Waals surface area contributed by atoms with Crippen molar-refractivity contribution in [2.24, 2.45) is 4.99 Å². The zero-order chi connectivity index (χ0) is 19.1. The highest BCUT2D eigenvalue weighted by atomic mass is 19.4. The highest BCUT2D eigenvalue weighted by Crippen LogP contribution is 2.21. The first kappa shape index (κ1) is 21.4. The van der Waals surface area contributed by atoms with Crippen LogP contribution in [0, 0.1) is 0 Å². The summed E-state index contributed by atoms with van der Waals surface area (Å²) in [6.45, 7) is 7.14. The molecule has 0 spiro atoms. The van der Waals surface area contributed by atoms with Crippen LogP contribution in [0.15, 0.2) is 4.99 Å². The number of aliphatic imine (C=N–C) groups is 1. The van der Waals surface area contributed by atoms with E-state index >= 15 is 0 Å². The minimum absolute atomic E-state index is 0.0429. The van der Waals surface area contributed by atoms with Crippen molar-refractivity contribution in [1.29, 1.82) is 0 Å². The van der Waals surface area contributed by atoms with E-state index in [-0.39, 0.29) is 12.5 Å². The van der Waals surface area contributed by atoms with Crippen molar-refractivity contribution in [3.63, 3.8) is 0 Å². The second kappa shape index (κ2) is 9.15. The molecule has 1 aliphatic heterocycles. The summed E-state index contributed by atoms with van der Waals surface area (Å²) in [6.07, 6.45) is -4.04. The highest BCUT2D eigenvalue weighted by molar-refractivity contribution is 5.80. The van der Waals surface area contributed by atoms with Crippen LogP contribution in [0.2, 0.25) is 0 Å². The molecule has 1 rings (SSSR count). The van der Waals surface area contributed by atoms with Gasteiger partial charge in [-0.3, -0.25) is 4.99 Å². The number of amides is 1. The maximum absolute atomic E-state index is 12.1. The summed E-state index contributed by atoms with van der Waals surface area (Å²) in [5.74, 6) is 0.639. The molecule has 0 bridgehead atoms. The molecule has 9 heteroatoms. The van der Waals surface area contributed by atoms with E-state index in [1.165, 1.54) is 0 Å². The SMILES string of the molecule is CN=C(NCCCCC(F)(F)F)N1CC[C@@H](NC(=O)OC(C)(C)C)C1.